The van der Waals surface area contributed by atoms with Crippen molar-refractivity contribution in [2.75, 3.05) is 14.2 Å². The van der Waals surface area contributed by atoms with E-state index in [9.17, 15) is 9.90 Å². The second-order valence-electron chi connectivity index (χ2n) is 7.27. The quantitative estimate of drug-likeness (QED) is 0.829. The van der Waals surface area contributed by atoms with Gasteiger partial charge in [-0.15, -0.1) is 0 Å². The van der Waals surface area contributed by atoms with Gasteiger partial charge in [-0.2, -0.15) is 0 Å². The van der Waals surface area contributed by atoms with Crippen molar-refractivity contribution in [1.82, 2.24) is 5.32 Å². The third kappa shape index (κ3) is 4.09. The van der Waals surface area contributed by atoms with Crippen molar-refractivity contribution in [2.24, 2.45) is 5.92 Å². The van der Waals surface area contributed by atoms with Gasteiger partial charge in [0.25, 0.3) is 0 Å². The number of hydrogen-bond donors (Lipinski definition) is 2. The van der Waals surface area contributed by atoms with Gasteiger partial charge in [0.15, 0.2) is 11.5 Å². The molecule has 0 unspecified atom stereocenters. The molecule has 1 aromatic carbocycles. The van der Waals surface area contributed by atoms with E-state index in [2.05, 4.69) is 5.32 Å². The van der Waals surface area contributed by atoms with Gasteiger partial charge >= 0.3 is 0 Å². The second-order valence-corrected chi connectivity index (χ2v) is 7.27. The van der Waals surface area contributed by atoms with Crippen molar-refractivity contribution in [2.45, 2.75) is 63.5 Å². The predicted octanol–water partition coefficient (Wildman–Crippen LogP) is 3.14. The van der Waals surface area contributed by atoms with Crippen LogP contribution in [-0.2, 0) is 11.2 Å². The standard InChI is InChI=1S/C20H29NO4/c1-24-17-11-14-10-16(22)20(15(14)12-18(17)25-2)21-19(23)9-8-13-6-4-3-5-7-13/h11-13,16,20,22H,3-10H2,1-2H3,(H,21,23)/t16-,20-/m1/s1. The van der Waals surface area contributed by atoms with Crippen LogP contribution in [0.1, 0.15) is 62.1 Å². The van der Waals surface area contributed by atoms with Gasteiger partial charge in [0.05, 0.1) is 26.4 Å². The van der Waals surface area contributed by atoms with Gasteiger partial charge in [-0.25, -0.2) is 0 Å². The highest BCUT2D eigenvalue weighted by Gasteiger charge is 2.33. The Kier molecular flexibility index (Phi) is 5.84. The van der Waals surface area contributed by atoms with E-state index in [0.717, 1.165) is 17.5 Å². The van der Waals surface area contributed by atoms with Crippen LogP contribution in [0.2, 0.25) is 0 Å². The Bertz CT molecular complexity index is 610. The summed E-state index contributed by atoms with van der Waals surface area (Å²) in [5, 5.41) is 13.4. The van der Waals surface area contributed by atoms with E-state index in [1.54, 1.807) is 14.2 Å². The first kappa shape index (κ1) is 18.1. The minimum Gasteiger partial charge on any atom is -0.493 e. The molecule has 5 nitrogen and oxygen atoms in total. The zero-order valence-electron chi connectivity index (χ0n) is 15.2. The highest BCUT2D eigenvalue weighted by Crippen LogP contribution is 2.39. The Morgan fingerprint density at radius 3 is 2.52 bits per heavy atom. The van der Waals surface area contributed by atoms with Crippen molar-refractivity contribution in [3.05, 3.63) is 23.3 Å². The summed E-state index contributed by atoms with van der Waals surface area (Å²) in [5.41, 5.74) is 1.93. The average Bonchev–Trinajstić information content (AvgIpc) is 2.94. The molecule has 138 valence electrons. The van der Waals surface area contributed by atoms with Crippen molar-refractivity contribution in [3.8, 4) is 11.5 Å². The van der Waals surface area contributed by atoms with Crippen LogP contribution >= 0.6 is 0 Å². The number of carbonyl (C=O) groups excluding carboxylic acids is 1. The minimum absolute atomic E-state index is 0.0252. The molecule has 2 N–H and O–H groups in total. The molecule has 1 fully saturated rings. The topological polar surface area (TPSA) is 67.8 Å². The van der Waals surface area contributed by atoms with Gasteiger partial charge < -0.3 is 19.9 Å². The van der Waals surface area contributed by atoms with E-state index in [1.165, 1.54) is 32.1 Å². The Morgan fingerprint density at radius 2 is 1.84 bits per heavy atom. The van der Waals surface area contributed by atoms with E-state index < -0.39 is 6.10 Å². The third-order valence-corrected chi connectivity index (χ3v) is 5.62. The number of methoxy groups -OCH3 is 2. The first-order chi connectivity index (χ1) is 12.1. The summed E-state index contributed by atoms with van der Waals surface area (Å²) in [4.78, 5) is 12.4. The molecule has 0 aromatic heterocycles. The predicted molar refractivity (Wildman–Crippen MR) is 95.9 cm³/mol. The zero-order valence-corrected chi connectivity index (χ0v) is 15.2. The Morgan fingerprint density at radius 1 is 1.16 bits per heavy atom. The van der Waals surface area contributed by atoms with Gasteiger partial charge in [0, 0.05) is 12.8 Å². The maximum atomic E-state index is 12.4. The van der Waals surface area contributed by atoms with Crippen LogP contribution in [0.5, 0.6) is 11.5 Å². The van der Waals surface area contributed by atoms with E-state index in [0.29, 0.717) is 30.3 Å². The summed E-state index contributed by atoms with van der Waals surface area (Å²) < 4.78 is 10.7. The molecule has 2 aliphatic rings. The summed E-state index contributed by atoms with van der Waals surface area (Å²) in [6, 6.07) is 3.40. The number of amides is 1. The Hall–Kier alpha value is -1.75. The van der Waals surface area contributed by atoms with E-state index in [-0.39, 0.29) is 11.9 Å². The van der Waals surface area contributed by atoms with Crippen molar-refractivity contribution >= 4 is 5.91 Å². The zero-order chi connectivity index (χ0) is 17.8. The molecule has 3 rings (SSSR count). The van der Waals surface area contributed by atoms with Crippen molar-refractivity contribution in [1.29, 1.82) is 0 Å². The number of aliphatic hydroxyl groups excluding tert-OH is 1. The van der Waals surface area contributed by atoms with Crippen LogP contribution in [0.25, 0.3) is 0 Å². The lowest BCUT2D eigenvalue weighted by Gasteiger charge is -2.22. The molecule has 0 spiro atoms. The number of aliphatic hydroxyl groups is 1. The third-order valence-electron chi connectivity index (χ3n) is 5.62. The van der Waals surface area contributed by atoms with Crippen LogP contribution in [0.15, 0.2) is 12.1 Å². The normalized spacial score (nSPS) is 23.2. The number of nitrogens with one attached hydrogen (secondary N) is 1. The largest absolute Gasteiger partial charge is 0.493 e. The van der Waals surface area contributed by atoms with Crippen molar-refractivity contribution < 1.29 is 19.4 Å². The molecule has 2 atom stereocenters. The molecule has 2 aliphatic carbocycles. The lowest BCUT2D eigenvalue weighted by atomic mass is 9.86. The van der Waals surface area contributed by atoms with Crippen LogP contribution < -0.4 is 14.8 Å². The fourth-order valence-electron chi connectivity index (χ4n) is 4.18. The number of carbonyl (C=O) groups is 1. The molecule has 1 saturated carbocycles. The van der Waals surface area contributed by atoms with Gasteiger partial charge in [0.1, 0.15) is 0 Å². The maximum absolute atomic E-state index is 12.4. The number of ether oxygens (including phenoxy) is 2. The lowest BCUT2D eigenvalue weighted by molar-refractivity contribution is -0.123. The number of benzene rings is 1. The summed E-state index contributed by atoms with van der Waals surface area (Å²) >= 11 is 0. The second kappa shape index (κ2) is 8.09. The molecular formula is C20H29NO4. The van der Waals surface area contributed by atoms with E-state index in [4.69, 9.17) is 9.47 Å². The summed E-state index contributed by atoms with van der Waals surface area (Å²) in [6.07, 6.45) is 7.82. The van der Waals surface area contributed by atoms with Gasteiger partial charge in [-0.05, 0) is 35.6 Å². The molecule has 1 amide bonds. The number of fused-ring (bicyclic) bond motifs is 1. The Balaban J connectivity index is 1.64. The monoisotopic (exact) mass is 347 g/mol. The van der Waals surface area contributed by atoms with Gasteiger partial charge in [-0.3, -0.25) is 4.79 Å². The summed E-state index contributed by atoms with van der Waals surface area (Å²) in [5.74, 6) is 1.98. The molecule has 0 heterocycles. The fourth-order valence-corrected chi connectivity index (χ4v) is 4.18. The van der Waals surface area contributed by atoms with Crippen LogP contribution in [-0.4, -0.2) is 31.3 Å². The summed E-state index contributed by atoms with van der Waals surface area (Å²) in [7, 11) is 3.19. The number of hydrogen-bond acceptors (Lipinski definition) is 4. The highest BCUT2D eigenvalue weighted by molar-refractivity contribution is 5.77. The smallest absolute Gasteiger partial charge is 0.220 e. The molecule has 25 heavy (non-hydrogen) atoms. The van der Waals surface area contributed by atoms with Crippen LogP contribution in [0.4, 0.5) is 0 Å². The van der Waals surface area contributed by atoms with Gasteiger partial charge in [-0.1, -0.05) is 32.1 Å². The van der Waals surface area contributed by atoms with E-state index >= 15 is 0 Å². The molecular weight excluding hydrogens is 318 g/mol. The first-order valence-corrected chi connectivity index (χ1v) is 9.34. The van der Waals surface area contributed by atoms with Crippen molar-refractivity contribution in [3.63, 3.8) is 0 Å². The highest BCUT2D eigenvalue weighted by atomic mass is 16.5. The fraction of sp³-hybridized carbons (Fsp3) is 0.650. The number of rotatable bonds is 6. The van der Waals surface area contributed by atoms with Gasteiger partial charge in [0.2, 0.25) is 5.91 Å². The lowest BCUT2D eigenvalue weighted by Crippen LogP contribution is -2.34. The molecule has 0 aliphatic heterocycles. The molecule has 0 bridgehead atoms. The maximum Gasteiger partial charge on any atom is 0.220 e. The van der Waals surface area contributed by atoms with E-state index in [1.807, 2.05) is 12.1 Å². The van der Waals surface area contributed by atoms with Crippen LogP contribution in [0, 0.1) is 5.92 Å². The Labute approximate surface area is 149 Å². The average molecular weight is 347 g/mol. The summed E-state index contributed by atoms with van der Waals surface area (Å²) in [6.45, 7) is 0. The van der Waals surface area contributed by atoms with Crippen LogP contribution in [0.3, 0.4) is 0 Å². The molecule has 0 radical (unpaired) electrons. The first-order valence-electron chi connectivity index (χ1n) is 9.34. The molecule has 0 saturated heterocycles. The minimum atomic E-state index is -0.606. The SMILES string of the molecule is COc1cc2c(cc1OC)[C@@H](NC(=O)CCC1CCCCC1)[C@H](O)C2. The molecule has 1 aromatic rings. The molecule has 5 heteroatoms.